The van der Waals surface area contributed by atoms with Crippen LogP contribution in [0, 0.1) is 0 Å². The van der Waals surface area contributed by atoms with Crippen LogP contribution in [0.25, 0.3) is 0 Å². The van der Waals surface area contributed by atoms with Gasteiger partial charge in [0, 0.05) is 62.8 Å². The fourth-order valence-electron chi connectivity index (χ4n) is 1.10. The molecule has 4 nitrogen and oxygen atoms in total. The first-order chi connectivity index (χ1) is 12.4. The molecule has 2 rings (SSSR count). The molecule has 2 aromatic heterocycles. The standard InChI is InChI=1S/C10H8N2S2.C6H12N2S4/c1-5-11-6-2-9(1)13-14-10-3-7-12-8-4-10;1-7(2)5(9)11-12-6(10)8(3)4/h1-8H;1-4H3. The molecule has 0 fully saturated rings. The van der Waals surface area contributed by atoms with Crippen molar-refractivity contribution in [1.82, 2.24) is 19.8 Å². The topological polar surface area (TPSA) is 32.3 Å². The van der Waals surface area contributed by atoms with Crippen LogP contribution in [-0.4, -0.2) is 56.6 Å². The Labute approximate surface area is 182 Å². The summed E-state index contributed by atoms with van der Waals surface area (Å²) in [6.07, 6.45) is 7.20. The number of hydrogen-bond acceptors (Lipinski definition) is 8. The molecule has 0 saturated heterocycles. The number of rotatable bonds is 3. The third-order valence-electron chi connectivity index (χ3n) is 2.45. The van der Waals surface area contributed by atoms with E-state index in [1.165, 1.54) is 31.4 Å². The molecule has 0 amide bonds. The van der Waals surface area contributed by atoms with Gasteiger partial charge >= 0.3 is 0 Å². The van der Waals surface area contributed by atoms with Crippen molar-refractivity contribution in [3.8, 4) is 0 Å². The summed E-state index contributed by atoms with van der Waals surface area (Å²) in [5.41, 5.74) is 0. The fourth-order valence-corrected chi connectivity index (χ4v) is 5.38. The van der Waals surface area contributed by atoms with Crippen molar-refractivity contribution in [1.29, 1.82) is 0 Å². The molecule has 0 aliphatic heterocycles. The first-order valence-electron chi connectivity index (χ1n) is 7.31. The van der Waals surface area contributed by atoms with Gasteiger partial charge in [0.25, 0.3) is 0 Å². The van der Waals surface area contributed by atoms with Crippen molar-refractivity contribution in [2.45, 2.75) is 9.79 Å². The van der Waals surface area contributed by atoms with E-state index in [4.69, 9.17) is 24.4 Å². The van der Waals surface area contributed by atoms with E-state index in [1.54, 1.807) is 46.4 Å². The van der Waals surface area contributed by atoms with Gasteiger partial charge in [-0.05, 0) is 45.9 Å². The first kappa shape index (κ1) is 23.5. The van der Waals surface area contributed by atoms with Crippen LogP contribution < -0.4 is 0 Å². The predicted octanol–water partition coefficient (Wildman–Crippen LogP) is 5.34. The van der Waals surface area contributed by atoms with Crippen LogP contribution in [-0.2, 0) is 0 Å². The summed E-state index contributed by atoms with van der Waals surface area (Å²) in [6.45, 7) is 0. The molecular weight excluding hydrogens is 441 g/mol. The number of hydrogen-bond donors (Lipinski definition) is 0. The lowest BCUT2D eigenvalue weighted by molar-refractivity contribution is 0.647. The van der Waals surface area contributed by atoms with Crippen molar-refractivity contribution in [3.63, 3.8) is 0 Å². The van der Waals surface area contributed by atoms with E-state index in [1.807, 2.05) is 62.3 Å². The van der Waals surface area contributed by atoms with E-state index in [-0.39, 0.29) is 0 Å². The Morgan fingerprint density at radius 3 is 1.27 bits per heavy atom. The predicted molar refractivity (Wildman–Crippen MR) is 128 cm³/mol. The van der Waals surface area contributed by atoms with Crippen LogP contribution >= 0.6 is 67.6 Å². The maximum Gasteiger partial charge on any atom is 0.146 e. The van der Waals surface area contributed by atoms with Gasteiger partial charge < -0.3 is 9.80 Å². The number of pyridine rings is 2. The first-order valence-corrected chi connectivity index (χ1v) is 12.4. The third-order valence-corrected chi connectivity index (χ3v) is 9.02. The number of nitrogens with zero attached hydrogens (tertiary/aromatic N) is 4. The zero-order valence-corrected chi connectivity index (χ0v) is 19.8. The number of aromatic nitrogens is 2. The van der Waals surface area contributed by atoms with E-state index in [9.17, 15) is 0 Å². The Morgan fingerprint density at radius 1 is 0.692 bits per heavy atom. The molecule has 140 valence electrons. The summed E-state index contributed by atoms with van der Waals surface area (Å²) >= 11 is 10.1. The van der Waals surface area contributed by atoms with E-state index in [0.29, 0.717) is 0 Å². The van der Waals surface area contributed by atoms with Gasteiger partial charge in [-0.15, -0.1) is 0 Å². The molecule has 0 saturated carbocycles. The minimum absolute atomic E-state index is 0.837. The van der Waals surface area contributed by atoms with Crippen LogP contribution in [0.3, 0.4) is 0 Å². The quantitative estimate of drug-likeness (QED) is 0.442. The molecule has 0 aromatic carbocycles. The maximum atomic E-state index is 5.07. The van der Waals surface area contributed by atoms with Gasteiger partial charge in [0.05, 0.1) is 0 Å². The summed E-state index contributed by atoms with van der Waals surface area (Å²) in [4.78, 5) is 14.1. The fraction of sp³-hybridized carbons (Fsp3) is 0.250. The summed E-state index contributed by atoms with van der Waals surface area (Å²) in [5.74, 6) is 0. The second-order valence-electron chi connectivity index (χ2n) is 5.02. The Hall–Kier alpha value is -0.520. The molecule has 2 aromatic rings. The Balaban J connectivity index is 0.000000265. The van der Waals surface area contributed by atoms with Gasteiger partial charge in [-0.3, -0.25) is 9.97 Å². The van der Waals surface area contributed by atoms with Crippen LogP contribution in [0.4, 0.5) is 0 Å². The normalized spacial score (nSPS) is 9.69. The number of thiocarbonyl (C=S) groups is 2. The minimum Gasteiger partial charge on any atom is -0.363 e. The van der Waals surface area contributed by atoms with E-state index in [0.717, 1.165) is 8.64 Å². The average Bonchev–Trinajstić information content (AvgIpc) is 2.66. The molecule has 0 atom stereocenters. The van der Waals surface area contributed by atoms with Gasteiger partial charge in [-0.1, -0.05) is 46.0 Å². The molecule has 10 heteroatoms. The zero-order valence-electron chi connectivity index (χ0n) is 14.9. The molecule has 0 unspecified atom stereocenters. The van der Waals surface area contributed by atoms with Crippen LogP contribution in [0.5, 0.6) is 0 Å². The molecule has 0 aliphatic rings. The average molecular weight is 461 g/mol. The second kappa shape index (κ2) is 13.6. The van der Waals surface area contributed by atoms with Gasteiger partial charge in [0.2, 0.25) is 0 Å². The monoisotopic (exact) mass is 460 g/mol. The Bertz CT molecular complexity index is 607. The molecule has 26 heavy (non-hydrogen) atoms. The lowest BCUT2D eigenvalue weighted by Gasteiger charge is -2.15. The summed E-state index contributed by atoms with van der Waals surface area (Å²) in [6, 6.07) is 8.00. The maximum absolute atomic E-state index is 5.07. The molecule has 0 N–H and O–H groups in total. The van der Waals surface area contributed by atoms with Crippen LogP contribution in [0.2, 0.25) is 0 Å². The largest absolute Gasteiger partial charge is 0.363 e. The molecule has 0 bridgehead atoms. The smallest absolute Gasteiger partial charge is 0.146 e. The van der Waals surface area contributed by atoms with Crippen LogP contribution in [0.15, 0.2) is 58.8 Å². The highest BCUT2D eigenvalue weighted by Gasteiger charge is 2.05. The highest BCUT2D eigenvalue weighted by Crippen LogP contribution is 2.36. The third kappa shape index (κ3) is 10.6. The highest BCUT2D eigenvalue weighted by molar-refractivity contribution is 8.89. The van der Waals surface area contributed by atoms with Gasteiger partial charge in [0.1, 0.15) is 8.64 Å². The van der Waals surface area contributed by atoms with E-state index < -0.39 is 0 Å². The molecule has 0 radical (unpaired) electrons. The van der Waals surface area contributed by atoms with E-state index in [2.05, 4.69) is 9.97 Å². The molecule has 2 heterocycles. The van der Waals surface area contributed by atoms with Crippen molar-refractivity contribution in [2.75, 3.05) is 28.2 Å². The van der Waals surface area contributed by atoms with Crippen molar-refractivity contribution in [2.24, 2.45) is 0 Å². The van der Waals surface area contributed by atoms with Gasteiger partial charge in [-0.2, -0.15) is 0 Å². The minimum atomic E-state index is 0.837. The summed E-state index contributed by atoms with van der Waals surface area (Å²) in [5, 5.41) is 0. The molecule has 0 aliphatic carbocycles. The SMILES string of the molecule is CN(C)C(=S)SSC(=S)N(C)C.c1cc(SSc2ccncc2)ccn1. The van der Waals surface area contributed by atoms with E-state index >= 15 is 0 Å². The van der Waals surface area contributed by atoms with Crippen molar-refractivity contribution < 1.29 is 0 Å². The lowest BCUT2D eigenvalue weighted by atomic mass is 10.5. The van der Waals surface area contributed by atoms with Gasteiger partial charge in [0.15, 0.2) is 0 Å². The zero-order chi connectivity index (χ0) is 19.4. The van der Waals surface area contributed by atoms with Crippen molar-refractivity contribution in [3.05, 3.63) is 49.1 Å². The second-order valence-corrected chi connectivity index (χ2v) is 10.7. The lowest BCUT2D eigenvalue weighted by Crippen LogP contribution is -2.18. The van der Waals surface area contributed by atoms with Crippen LogP contribution in [0.1, 0.15) is 0 Å². The Morgan fingerprint density at radius 2 is 1.00 bits per heavy atom. The van der Waals surface area contributed by atoms with Gasteiger partial charge in [-0.25, -0.2) is 0 Å². The van der Waals surface area contributed by atoms with Crippen molar-refractivity contribution >= 4 is 76.3 Å². The highest BCUT2D eigenvalue weighted by atomic mass is 33.1. The molecular formula is C16H20N4S6. The summed E-state index contributed by atoms with van der Waals surface area (Å²) in [7, 11) is 14.2. The molecule has 0 spiro atoms. The Kier molecular flexibility index (Phi) is 12.3. The summed E-state index contributed by atoms with van der Waals surface area (Å²) < 4.78 is 1.67.